The number of hydrogen-bond acceptors (Lipinski definition) is 2. The molecule has 0 saturated carbocycles. The van der Waals surface area contributed by atoms with Crippen molar-refractivity contribution in [2.75, 3.05) is 19.8 Å². The molecule has 0 fully saturated rings. The minimum Gasteiger partial charge on any atom is -0.380 e. The van der Waals surface area contributed by atoms with E-state index in [0.717, 1.165) is 0 Å². The zero-order valence-electron chi connectivity index (χ0n) is 7.95. The van der Waals surface area contributed by atoms with E-state index >= 15 is 0 Å². The molecule has 0 aliphatic carbocycles. The molecule has 0 aromatic carbocycles. The van der Waals surface area contributed by atoms with Crippen LogP contribution >= 0.6 is 0 Å². The summed E-state index contributed by atoms with van der Waals surface area (Å²) in [5.41, 5.74) is 0. The number of hydrogen-bond donors (Lipinski definition) is 1. The average molecular weight is 199 g/mol. The predicted octanol–water partition coefficient (Wildman–Crippen LogP) is 1.95. The predicted molar refractivity (Wildman–Crippen MR) is 44.6 cm³/mol. The maximum absolute atomic E-state index is 11.7. The van der Waals surface area contributed by atoms with Gasteiger partial charge in [-0.3, -0.25) is 0 Å². The van der Waals surface area contributed by atoms with Gasteiger partial charge in [-0.1, -0.05) is 0 Å². The Balaban J connectivity index is 3.31. The molecule has 1 atom stereocenters. The molecule has 80 valence electrons. The van der Waals surface area contributed by atoms with Gasteiger partial charge in [-0.25, -0.2) is 0 Å². The Morgan fingerprint density at radius 3 is 2.46 bits per heavy atom. The first-order valence-corrected chi connectivity index (χ1v) is 4.33. The largest absolute Gasteiger partial charge is 0.390 e. The molecular formula is C8H16F3NO. The highest BCUT2D eigenvalue weighted by molar-refractivity contribution is 4.61. The van der Waals surface area contributed by atoms with E-state index in [4.69, 9.17) is 4.74 Å². The Hall–Kier alpha value is -0.290. The molecular weight excluding hydrogens is 183 g/mol. The molecule has 0 aliphatic rings. The molecule has 1 unspecified atom stereocenters. The Labute approximate surface area is 76.5 Å². The van der Waals surface area contributed by atoms with Gasteiger partial charge in [-0.2, -0.15) is 13.2 Å². The van der Waals surface area contributed by atoms with Crippen molar-refractivity contribution in [2.24, 2.45) is 0 Å². The molecule has 0 heterocycles. The first-order chi connectivity index (χ1) is 5.95. The second-order valence-corrected chi connectivity index (χ2v) is 2.88. The first kappa shape index (κ1) is 12.7. The van der Waals surface area contributed by atoms with Gasteiger partial charge in [-0.05, 0) is 13.8 Å². The van der Waals surface area contributed by atoms with E-state index < -0.39 is 12.6 Å². The summed E-state index contributed by atoms with van der Waals surface area (Å²) in [7, 11) is 0. The Morgan fingerprint density at radius 2 is 2.00 bits per heavy atom. The molecule has 0 aromatic heterocycles. The second-order valence-electron chi connectivity index (χ2n) is 2.88. The average Bonchev–Trinajstić information content (AvgIpc) is 1.98. The zero-order chi connectivity index (χ0) is 10.3. The van der Waals surface area contributed by atoms with E-state index in [0.29, 0.717) is 13.2 Å². The summed E-state index contributed by atoms with van der Waals surface area (Å²) in [4.78, 5) is 0. The van der Waals surface area contributed by atoms with Crippen LogP contribution in [0.25, 0.3) is 0 Å². The van der Waals surface area contributed by atoms with Gasteiger partial charge in [0, 0.05) is 19.2 Å². The highest BCUT2D eigenvalue weighted by Crippen LogP contribution is 2.18. The molecule has 0 spiro atoms. The minimum absolute atomic E-state index is 0.0256. The van der Waals surface area contributed by atoms with Crippen LogP contribution < -0.4 is 5.32 Å². The summed E-state index contributed by atoms with van der Waals surface area (Å²) in [6, 6.07) is -0.0256. The lowest BCUT2D eigenvalue weighted by Crippen LogP contribution is -2.33. The van der Waals surface area contributed by atoms with E-state index in [-0.39, 0.29) is 12.6 Å². The Kier molecular flexibility index (Phi) is 6.07. The molecule has 0 radical (unpaired) electrons. The number of ether oxygens (including phenoxy) is 1. The van der Waals surface area contributed by atoms with Crippen LogP contribution in [0.1, 0.15) is 20.3 Å². The van der Waals surface area contributed by atoms with Crippen LogP contribution in [0.4, 0.5) is 13.2 Å². The molecule has 0 amide bonds. The standard InChI is InChI=1S/C8H16F3NO/c1-3-13-6-7(2)12-5-4-8(9,10)11/h7,12H,3-6H2,1-2H3. The SMILES string of the molecule is CCOCC(C)NCCC(F)(F)F. The van der Waals surface area contributed by atoms with Gasteiger partial charge in [0.25, 0.3) is 0 Å². The summed E-state index contributed by atoms with van der Waals surface area (Å²) in [6.07, 6.45) is -4.86. The van der Waals surface area contributed by atoms with Crippen LogP contribution in [0.3, 0.4) is 0 Å². The van der Waals surface area contributed by atoms with Gasteiger partial charge in [-0.15, -0.1) is 0 Å². The number of halogens is 3. The van der Waals surface area contributed by atoms with Crippen molar-refractivity contribution in [2.45, 2.75) is 32.5 Å². The molecule has 0 saturated heterocycles. The molecule has 0 aliphatic heterocycles. The summed E-state index contributed by atoms with van der Waals surface area (Å²) in [5.74, 6) is 0. The van der Waals surface area contributed by atoms with E-state index in [2.05, 4.69) is 5.32 Å². The van der Waals surface area contributed by atoms with Gasteiger partial charge >= 0.3 is 6.18 Å². The summed E-state index contributed by atoms with van der Waals surface area (Å²) in [5, 5.41) is 2.73. The molecule has 13 heavy (non-hydrogen) atoms. The topological polar surface area (TPSA) is 21.3 Å². The van der Waals surface area contributed by atoms with Crippen molar-refractivity contribution in [3.63, 3.8) is 0 Å². The number of rotatable bonds is 6. The maximum Gasteiger partial charge on any atom is 0.390 e. The molecule has 5 heteroatoms. The quantitative estimate of drug-likeness (QED) is 0.706. The smallest absolute Gasteiger partial charge is 0.380 e. The van der Waals surface area contributed by atoms with Crippen molar-refractivity contribution in [1.29, 1.82) is 0 Å². The zero-order valence-corrected chi connectivity index (χ0v) is 7.95. The van der Waals surface area contributed by atoms with E-state index in [1.54, 1.807) is 6.92 Å². The fourth-order valence-corrected chi connectivity index (χ4v) is 0.814. The lowest BCUT2D eigenvalue weighted by atomic mass is 10.3. The van der Waals surface area contributed by atoms with Crippen molar-refractivity contribution >= 4 is 0 Å². The summed E-state index contributed by atoms with van der Waals surface area (Å²) >= 11 is 0. The van der Waals surface area contributed by atoms with Crippen LogP contribution in [0.5, 0.6) is 0 Å². The highest BCUT2D eigenvalue weighted by Gasteiger charge is 2.26. The fraction of sp³-hybridized carbons (Fsp3) is 1.00. The monoisotopic (exact) mass is 199 g/mol. The number of alkyl halides is 3. The third-order valence-corrected chi connectivity index (χ3v) is 1.47. The van der Waals surface area contributed by atoms with Crippen LogP contribution in [0, 0.1) is 0 Å². The van der Waals surface area contributed by atoms with Crippen LogP contribution in [-0.4, -0.2) is 32.0 Å². The molecule has 1 N–H and O–H groups in total. The van der Waals surface area contributed by atoms with Crippen molar-refractivity contribution in [3.8, 4) is 0 Å². The molecule has 0 bridgehead atoms. The Morgan fingerprint density at radius 1 is 1.38 bits per heavy atom. The number of nitrogens with one attached hydrogen (secondary N) is 1. The third-order valence-electron chi connectivity index (χ3n) is 1.47. The van der Waals surface area contributed by atoms with Crippen LogP contribution in [0.15, 0.2) is 0 Å². The molecule has 0 aromatic rings. The van der Waals surface area contributed by atoms with Crippen molar-refractivity contribution in [3.05, 3.63) is 0 Å². The van der Waals surface area contributed by atoms with Gasteiger partial charge in [0.2, 0.25) is 0 Å². The fourth-order valence-electron chi connectivity index (χ4n) is 0.814. The lowest BCUT2D eigenvalue weighted by molar-refractivity contribution is -0.133. The highest BCUT2D eigenvalue weighted by atomic mass is 19.4. The van der Waals surface area contributed by atoms with Gasteiger partial charge in [0.1, 0.15) is 0 Å². The van der Waals surface area contributed by atoms with Crippen LogP contribution in [0.2, 0.25) is 0 Å². The maximum atomic E-state index is 11.7. The second kappa shape index (κ2) is 6.21. The minimum atomic E-state index is -4.07. The molecule has 2 nitrogen and oxygen atoms in total. The Bertz CT molecular complexity index is 127. The lowest BCUT2D eigenvalue weighted by Gasteiger charge is -2.14. The summed E-state index contributed by atoms with van der Waals surface area (Å²) < 4.78 is 40.1. The first-order valence-electron chi connectivity index (χ1n) is 4.33. The van der Waals surface area contributed by atoms with Gasteiger partial charge in [0.15, 0.2) is 0 Å². The van der Waals surface area contributed by atoms with Crippen molar-refractivity contribution < 1.29 is 17.9 Å². The molecule has 0 rings (SSSR count). The van der Waals surface area contributed by atoms with Gasteiger partial charge < -0.3 is 10.1 Å². The van der Waals surface area contributed by atoms with Crippen molar-refractivity contribution in [1.82, 2.24) is 5.32 Å². The van der Waals surface area contributed by atoms with Gasteiger partial charge in [0.05, 0.1) is 13.0 Å². The third kappa shape index (κ3) is 9.63. The van der Waals surface area contributed by atoms with E-state index in [1.807, 2.05) is 6.92 Å². The summed E-state index contributed by atoms with van der Waals surface area (Å²) in [6.45, 7) is 4.64. The van der Waals surface area contributed by atoms with E-state index in [1.165, 1.54) is 0 Å². The normalized spacial score (nSPS) is 14.5. The van der Waals surface area contributed by atoms with Crippen LogP contribution in [-0.2, 0) is 4.74 Å². The van der Waals surface area contributed by atoms with E-state index in [9.17, 15) is 13.2 Å².